The summed E-state index contributed by atoms with van der Waals surface area (Å²) in [6.45, 7) is 7.19. The van der Waals surface area contributed by atoms with E-state index in [1.807, 2.05) is 4.90 Å². The summed E-state index contributed by atoms with van der Waals surface area (Å²) in [4.78, 5) is 14.2. The lowest BCUT2D eigenvalue weighted by atomic mass is 10.0. The van der Waals surface area contributed by atoms with Gasteiger partial charge in [-0.2, -0.15) is 0 Å². The van der Waals surface area contributed by atoms with E-state index in [1.54, 1.807) is 0 Å². The third-order valence-electron chi connectivity index (χ3n) is 3.99. The van der Waals surface area contributed by atoms with Crippen LogP contribution in [-0.2, 0) is 4.79 Å². The summed E-state index contributed by atoms with van der Waals surface area (Å²) in [5, 5.41) is 3.37. The number of piperazine rings is 1. The van der Waals surface area contributed by atoms with Crippen LogP contribution >= 0.6 is 0 Å². The molecule has 1 heterocycles. The lowest BCUT2D eigenvalue weighted by molar-refractivity contribution is -0.133. The van der Waals surface area contributed by atoms with E-state index in [-0.39, 0.29) is 0 Å². The van der Waals surface area contributed by atoms with Crippen molar-refractivity contribution in [1.29, 1.82) is 0 Å². The van der Waals surface area contributed by atoms with Crippen LogP contribution in [0.15, 0.2) is 0 Å². The molecule has 3 atom stereocenters. The van der Waals surface area contributed by atoms with Crippen LogP contribution in [-0.4, -0.2) is 36.5 Å². The van der Waals surface area contributed by atoms with Crippen LogP contribution in [0.4, 0.5) is 0 Å². The summed E-state index contributed by atoms with van der Waals surface area (Å²) in [6, 6.07) is 0.459. The second-order valence-electron chi connectivity index (χ2n) is 5.68. The molecular formula is C13H24N2O. The molecular weight excluding hydrogens is 200 g/mol. The summed E-state index contributed by atoms with van der Waals surface area (Å²) in [6.07, 6.45) is 4.62. The van der Waals surface area contributed by atoms with Gasteiger partial charge in [0.2, 0.25) is 5.91 Å². The van der Waals surface area contributed by atoms with E-state index in [0.717, 1.165) is 32.0 Å². The topological polar surface area (TPSA) is 32.3 Å². The quantitative estimate of drug-likeness (QED) is 0.773. The van der Waals surface area contributed by atoms with Gasteiger partial charge in [-0.15, -0.1) is 0 Å². The van der Waals surface area contributed by atoms with Crippen LogP contribution < -0.4 is 5.32 Å². The van der Waals surface area contributed by atoms with Crippen LogP contribution in [0.25, 0.3) is 0 Å². The lowest BCUT2D eigenvalue weighted by Crippen LogP contribution is -2.51. The minimum Gasteiger partial charge on any atom is -0.340 e. The minimum absolute atomic E-state index is 0.382. The third-order valence-corrected chi connectivity index (χ3v) is 3.99. The Kier molecular flexibility index (Phi) is 3.85. The normalized spacial score (nSPS) is 35.4. The first-order valence-electron chi connectivity index (χ1n) is 6.66. The van der Waals surface area contributed by atoms with Crippen molar-refractivity contribution in [3.8, 4) is 0 Å². The lowest BCUT2D eigenvalue weighted by Gasteiger charge is -2.32. The Bertz CT molecular complexity index is 254. The van der Waals surface area contributed by atoms with Gasteiger partial charge in [-0.05, 0) is 31.6 Å². The molecule has 3 nitrogen and oxygen atoms in total. The van der Waals surface area contributed by atoms with Gasteiger partial charge in [0, 0.05) is 32.1 Å². The maximum Gasteiger partial charge on any atom is 0.222 e. The molecule has 0 aromatic heterocycles. The summed E-state index contributed by atoms with van der Waals surface area (Å²) in [7, 11) is 0. The number of carbonyl (C=O) groups is 1. The molecule has 2 rings (SSSR count). The minimum atomic E-state index is 0.382. The average Bonchev–Trinajstić information content (AvgIpc) is 2.64. The van der Waals surface area contributed by atoms with E-state index in [2.05, 4.69) is 19.2 Å². The first-order chi connectivity index (χ1) is 7.65. The number of nitrogens with one attached hydrogen (secondary N) is 1. The van der Waals surface area contributed by atoms with Gasteiger partial charge >= 0.3 is 0 Å². The molecule has 16 heavy (non-hydrogen) atoms. The summed E-state index contributed by atoms with van der Waals surface area (Å²) in [5.74, 6) is 1.87. The molecule has 0 spiro atoms. The fourth-order valence-corrected chi connectivity index (χ4v) is 3.05. The second-order valence-corrected chi connectivity index (χ2v) is 5.68. The van der Waals surface area contributed by atoms with Gasteiger partial charge in [0.25, 0.3) is 0 Å². The van der Waals surface area contributed by atoms with E-state index in [4.69, 9.17) is 0 Å². The van der Waals surface area contributed by atoms with E-state index in [1.165, 1.54) is 19.3 Å². The molecule has 0 aromatic carbocycles. The second kappa shape index (κ2) is 5.17. The largest absolute Gasteiger partial charge is 0.340 e. The molecule has 3 unspecified atom stereocenters. The highest BCUT2D eigenvalue weighted by Crippen LogP contribution is 2.32. The van der Waals surface area contributed by atoms with Gasteiger partial charge < -0.3 is 10.2 Å². The average molecular weight is 224 g/mol. The van der Waals surface area contributed by atoms with Gasteiger partial charge in [0.15, 0.2) is 0 Å². The Balaban J connectivity index is 1.78. The van der Waals surface area contributed by atoms with E-state index >= 15 is 0 Å². The number of hydrogen-bond donors (Lipinski definition) is 1. The zero-order valence-corrected chi connectivity index (χ0v) is 10.5. The monoisotopic (exact) mass is 224 g/mol. The van der Waals surface area contributed by atoms with Crippen molar-refractivity contribution in [1.82, 2.24) is 10.2 Å². The highest BCUT2D eigenvalue weighted by molar-refractivity contribution is 5.76. The maximum absolute atomic E-state index is 12.1. The van der Waals surface area contributed by atoms with Crippen LogP contribution in [0.5, 0.6) is 0 Å². The summed E-state index contributed by atoms with van der Waals surface area (Å²) >= 11 is 0. The number of hydrogen-bond acceptors (Lipinski definition) is 2. The number of rotatable bonds is 2. The van der Waals surface area contributed by atoms with Crippen LogP contribution in [0.1, 0.15) is 39.5 Å². The van der Waals surface area contributed by atoms with Crippen molar-refractivity contribution in [3.63, 3.8) is 0 Å². The Morgan fingerprint density at radius 1 is 1.38 bits per heavy atom. The van der Waals surface area contributed by atoms with Crippen molar-refractivity contribution in [2.45, 2.75) is 45.6 Å². The smallest absolute Gasteiger partial charge is 0.222 e. The van der Waals surface area contributed by atoms with Gasteiger partial charge in [0.05, 0.1) is 0 Å². The SMILES string of the molecule is CC1CCC(CC(=O)N2CCNC(C)C2)C1. The number of nitrogens with zero attached hydrogens (tertiary/aromatic N) is 1. The molecule has 1 N–H and O–H groups in total. The molecule has 92 valence electrons. The first-order valence-corrected chi connectivity index (χ1v) is 6.66. The highest BCUT2D eigenvalue weighted by atomic mass is 16.2. The third kappa shape index (κ3) is 2.97. The summed E-state index contributed by atoms with van der Waals surface area (Å²) < 4.78 is 0. The van der Waals surface area contributed by atoms with E-state index < -0.39 is 0 Å². The first kappa shape index (κ1) is 11.9. The fraction of sp³-hybridized carbons (Fsp3) is 0.923. The predicted molar refractivity (Wildman–Crippen MR) is 65.2 cm³/mol. The van der Waals surface area contributed by atoms with Gasteiger partial charge in [0.1, 0.15) is 0 Å². The maximum atomic E-state index is 12.1. The zero-order chi connectivity index (χ0) is 11.5. The fourth-order valence-electron chi connectivity index (χ4n) is 3.05. The Morgan fingerprint density at radius 3 is 2.81 bits per heavy atom. The molecule has 2 fully saturated rings. The van der Waals surface area contributed by atoms with E-state index in [0.29, 0.717) is 17.9 Å². The molecule has 3 heteroatoms. The van der Waals surface area contributed by atoms with Crippen molar-refractivity contribution in [2.24, 2.45) is 11.8 Å². The molecule has 1 saturated heterocycles. The van der Waals surface area contributed by atoms with Crippen molar-refractivity contribution in [3.05, 3.63) is 0 Å². The Morgan fingerprint density at radius 2 is 2.19 bits per heavy atom. The van der Waals surface area contributed by atoms with Gasteiger partial charge in [-0.25, -0.2) is 0 Å². The molecule has 1 saturated carbocycles. The molecule has 1 aliphatic carbocycles. The Hall–Kier alpha value is -0.570. The Labute approximate surface area is 98.6 Å². The molecule has 1 aliphatic heterocycles. The standard InChI is InChI=1S/C13H24N2O/c1-10-3-4-12(7-10)8-13(16)15-6-5-14-11(2)9-15/h10-12,14H,3-9H2,1-2H3. The molecule has 0 aromatic rings. The number of amides is 1. The van der Waals surface area contributed by atoms with Crippen LogP contribution in [0.3, 0.4) is 0 Å². The van der Waals surface area contributed by atoms with Crippen molar-refractivity contribution >= 4 is 5.91 Å². The molecule has 2 aliphatic rings. The zero-order valence-electron chi connectivity index (χ0n) is 10.5. The van der Waals surface area contributed by atoms with E-state index in [9.17, 15) is 4.79 Å². The molecule has 0 radical (unpaired) electrons. The predicted octanol–water partition coefficient (Wildman–Crippen LogP) is 1.63. The molecule has 1 amide bonds. The van der Waals surface area contributed by atoms with Crippen molar-refractivity contribution in [2.75, 3.05) is 19.6 Å². The highest BCUT2D eigenvalue weighted by Gasteiger charge is 2.27. The summed E-state index contributed by atoms with van der Waals surface area (Å²) in [5.41, 5.74) is 0. The molecule has 0 bridgehead atoms. The van der Waals surface area contributed by atoms with Crippen LogP contribution in [0, 0.1) is 11.8 Å². The van der Waals surface area contributed by atoms with Crippen LogP contribution in [0.2, 0.25) is 0 Å². The number of carbonyl (C=O) groups excluding carboxylic acids is 1. The van der Waals surface area contributed by atoms with Crippen molar-refractivity contribution < 1.29 is 4.79 Å². The van der Waals surface area contributed by atoms with Gasteiger partial charge in [-0.1, -0.05) is 13.3 Å². The van der Waals surface area contributed by atoms with Gasteiger partial charge in [-0.3, -0.25) is 4.79 Å².